The first-order valence-corrected chi connectivity index (χ1v) is 11.9. The first-order chi connectivity index (χ1) is 14.5. The van der Waals surface area contributed by atoms with Crippen LogP contribution in [0.3, 0.4) is 0 Å². The van der Waals surface area contributed by atoms with Crippen LogP contribution in [-0.2, 0) is 10.0 Å². The van der Waals surface area contributed by atoms with Crippen LogP contribution in [0.4, 0.5) is 11.4 Å². The molecule has 160 valence electrons. The third-order valence-electron chi connectivity index (χ3n) is 5.73. The number of nitrogens with zero attached hydrogens (tertiary/aromatic N) is 3. The number of piperazine rings is 1. The molecule has 2 saturated heterocycles. The van der Waals surface area contributed by atoms with Crippen molar-refractivity contribution in [3.63, 3.8) is 0 Å². The third kappa shape index (κ3) is 4.23. The minimum absolute atomic E-state index is 0.0550. The second-order valence-electron chi connectivity index (χ2n) is 7.62. The first kappa shape index (κ1) is 20.5. The number of sulfonamides is 1. The van der Waals surface area contributed by atoms with Gasteiger partial charge in [0.2, 0.25) is 10.0 Å². The Labute approximate surface area is 177 Å². The fourth-order valence-electron chi connectivity index (χ4n) is 4.02. The highest BCUT2D eigenvalue weighted by atomic mass is 32.2. The van der Waals surface area contributed by atoms with Crippen LogP contribution < -0.4 is 13.9 Å². The Hall–Kier alpha value is -2.74. The maximum atomic E-state index is 13.0. The predicted octanol–water partition coefficient (Wildman–Crippen LogP) is 2.59. The second-order valence-corrected chi connectivity index (χ2v) is 9.64. The van der Waals surface area contributed by atoms with Gasteiger partial charge in [-0.2, -0.15) is 0 Å². The van der Waals surface area contributed by atoms with Gasteiger partial charge in [-0.1, -0.05) is 6.07 Å². The molecule has 0 bridgehead atoms. The highest BCUT2D eigenvalue weighted by Crippen LogP contribution is 2.25. The molecule has 2 aromatic carbocycles. The Morgan fingerprint density at radius 1 is 0.900 bits per heavy atom. The lowest BCUT2D eigenvalue weighted by molar-refractivity contribution is 0.0747. The van der Waals surface area contributed by atoms with Gasteiger partial charge in [0.25, 0.3) is 5.91 Å². The molecule has 2 aliphatic rings. The van der Waals surface area contributed by atoms with E-state index in [1.807, 2.05) is 29.2 Å². The summed E-state index contributed by atoms with van der Waals surface area (Å²) in [5.41, 5.74) is 2.23. The van der Waals surface area contributed by atoms with Crippen LogP contribution in [0.1, 0.15) is 23.2 Å². The van der Waals surface area contributed by atoms with Gasteiger partial charge in [0.1, 0.15) is 5.75 Å². The normalized spacial score (nSPS) is 18.9. The second kappa shape index (κ2) is 8.55. The Kier molecular flexibility index (Phi) is 5.85. The van der Waals surface area contributed by atoms with Crippen LogP contribution in [0.2, 0.25) is 0 Å². The molecule has 2 aromatic rings. The summed E-state index contributed by atoms with van der Waals surface area (Å²) in [6.45, 7) is 3.21. The molecule has 1 amide bonds. The minimum atomic E-state index is -3.29. The average molecular weight is 430 g/mol. The number of hydrogen-bond donors (Lipinski definition) is 0. The van der Waals surface area contributed by atoms with Crippen LogP contribution in [-0.4, -0.2) is 64.8 Å². The molecule has 30 heavy (non-hydrogen) atoms. The molecule has 2 heterocycles. The standard InChI is InChI=1S/C22H27N3O4S/c1-29-21-9-7-19(8-10-21)23-12-14-24(15-13-23)22(26)18-5-4-6-20(17-18)25-11-2-3-16-30(25,27)28/h4-10,17H,2-3,11-16H2,1H3. The summed E-state index contributed by atoms with van der Waals surface area (Å²) in [5.74, 6) is 0.933. The molecule has 7 nitrogen and oxygen atoms in total. The number of carbonyl (C=O) groups is 1. The van der Waals surface area contributed by atoms with Gasteiger partial charge in [-0.25, -0.2) is 8.42 Å². The zero-order valence-corrected chi connectivity index (χ0v) is 18.0. The molecule has 4 rings (SSSR count). The van der Waals surface area contributed by atoms with Crippen molar-refractivity contribution in [3.05, 3.63) is 54.1 Å². The number of rotatable bonds is 4. The number of methoxy groups -OCH3 is 1. The van der Waals surface area contributed by atoms with Gasteiger partial charge in [0.15, 0.2) is 0 Å². The summed E-state index contributed by atoms with van der Waals surface area (Å²) >= 11 is 0. The molecule has 0 spiro atoms. The van der Waals surface area contributed by atoms with E-state index in [2.05, 4.69) is 4.90 Å². The summed E-state index contributed by atoms with van der Waals surface area (Å²) in [4.78, 5) is 17.1. The zero-order valence-electron chi connectivity index (χ0n) is 17.2. The van der Waals surface area contributed by atoms with E-state index < -0.39 is 10.0 Å². The molecule has 2 fully saturated rings. The number of hydrogen-bond acceptors (Lipinski definition) is 5. The quantitative estimate of drug-likeness (QED) is 0.747. The van der Waals surface area contributed by atoms with Crippen molar-refractivity contribution in [2.24, 2.45) is 0 Å². The topological polar surface area (TPSA) is 70.2 Å². The van der Waals surface area contributed by atoms with E-state index in [0.717, 1.165) is 30.9 Å². The van der Waals surface area contributed by atoms with Gasteiger partial charge in [0.05, 0.1) is 18.6 Å². The molecule has 0 aromatic heterocycles. The third-order valence-corrected chi connectivity index (χ3v) is 7.60. The molecule has 0 radical (unpaired) electrons. The summed E-state index contributed by atoms with van der Waals surface area (Å²) in [5, 5.41) is 0. The van der Waals surface area contributed by atoms with Crippen molar-refractivity contribution in [2.75, 3.05) is 54.8 Å². The van der Waals surface area contributed by atoms with Crippen molar-refractivity contribution in [2.45, 2.75) is 12.8 Å². The Morgan fingerprint density at radius 3 is 2.30 bits per heavy atom. The number of carbonyl (C=O) groups excluding carboxylic acids is 1. The van der Waals surface area contributed by atoms with Crippen LogP contribution in [0.5, 0.6) is 5.75 Å². The van der Waals surface area contributed by atoms with E-state index >= 15 is 0 Å². The Morgan fingerprint density at radius 2 is 1.63 bits per heavy atom. The number of ether oxygens (including phenoxy) is 1. The van der Waals surface area contributed by atoms with Crippen LogP contribution >= 0.6 is 0 Å². The van der Waals surface area contributed by atoms with E-state index in [-0.39, 0.29) is 11.7 Å². The van der Waals surface area contributed by atoms with Crippen molar-refractivity contribution in [1.82, 2.24) is 4.90 Å². The summed E-state index contributed by atoms with van der Waals surface area (Å²) in [6, 6.07) is 14.9. The highest BCUT2D eigenvalue weighted by Gasteiger charge is 2.27. The zero-order chi connectivity index (χ0) is 21.1. The molecular formula is C22H27N3O4S. The molecule has 0 aliphatic carbocycles. The van der Waals surface area contributed by atoms with Crippen molar-refractivity contribution < 1.29 is 17.9 Å². The summed E-state index contributed by atoms with van der Waals surface area (Å²) < 4.78 is 31.4. The molecule has 2 aliphatic heterocycles. The highest BCUT2D eigenvalue weighted by molar-refractivity contribution is 7.92. The minimum Gasteiger partial charge on any atom is -0.497 e. The van der Waals surface area contributed by atoms with Gasteiger partial charge < -0.3 is 14.5 Å². The van der Waals surface area contributed by atoms with Gasteiger partial charge >= 0.3 is 0 Å². The SMILES string of the molecule is COc1ccc(N2CCN(C(=O)c3cccc(N4CCCCS4(=O)=O)c3)CC2)cc1. The maximum absolute atomic E-state index is 13.0. The van der Waals surface area contributed by atoms with E-state index in [0.29, 0.717) is 37.3 Å². The molecule has 8 heteroatoms. The summed E-state index contributed by atoms with van der Waals surface area (Å²) in [7, 11) is -1.65. The van der Waals surface area contributed by atoms with Crippen LogP contribution in [0.25, 0.3) is 0 Å². The first-order valence-electron chi connectivity index (χ1n) is 10.3. The van der Waals surface area contributed by atoms with E-state index in [4.69, 9.17) is 4.74 Å². The van der Waals surface area contributed by atoms with E-state index in [1.54, 1.807) is 31.4 Å². The van der Waals surface area contributed by atoms with E-state index in [1.165, 1.54) is 4.31 Å². The maximum Gasteiger partial charge on any atom is 0.254 e. The van der Waals surface area contributed by atoms with Gasteiger partial charge in [-0.3, -0.25) is 9.10 Å². The Balaban J connectivity index is 1.43. The van der Waals surface area contributed by atoms with E-state index in [9.17, 15) is 13.2 Å². The van der Waals surface area contributed by atoms with Crippen molar-refractivity contribution in [3.8, 4) is 5.75 Å². The number of benzene rings is 2. The smallest absolute Gasteiger partial charge is 0.254 e. The predicted molar refractivity (Wildman–Crippen MR) is 118 cm³/mol. The van der Waals surface area contributed by atoms with Gasteiger partial charge in [0, 0.05) is 44.0 Å². The lowest BCUT2D eigenvalue weighted by Crippen LogP contribution is -2.48. The lowest BCUT2D eigenvalue weighted by Gasteiger charge is -2.36. The fraction of sp³-hybridized carbons (Fsp3) is 0.409. The monoisotopic (exact) mass is 429 g/mol. The number of amides is 1. The van der Waals surface area contributed by atoms with Crippen LogP contribution in [0.15, 0.2) is 48.5 Å². The average Bonchev–Trinajstić information content (AvgIpc) is 2.78. The number of anilines is 2. The largest absolute Gasteiger partial charge is 0.497 e. The Bertz CT molecular complexity index is 999. The molecule has 0 saturated carbocycles. The lowest BCUT2D eigenvalue weighted by atomic mass is 10.1. The fourth-order valence-corrected chi connectivity index (χ4v) is 5.65. The van der Waals surface area contributed by atoms with Crippen LogP contribution in [0, 0.1) is 0 Å². The van der Waals surface area contributed by atoms with Crippen molar-refractivity contribution >= 4 is 27.3 Å². The van der Waals surface area contributed by atoms with Gasteiger partial charge in [-0.05, 0) is 55.3 Å². The molecular weight excluding hydrogens is 402 g/mol. The molecule has 0 unspecified atom stereocenters. The molecule has 0 atom stereocenters. The summed E-state index contributed by atoms with van der Waals surface area (Å²) in [6.07, 6.45) is 1.53. The molecule has 0 N–H and O–H groups in total. The van der Waals surface area contributed by atoms with Gasteiger partial charge in [-0.15, -0.1) is 0 Å². The van der Waals surface area contributed by atoms with Crippen molar-refractivity contribution in [1.29, 1.82) is 0 Å².